The molecule has 0 saturated heterocycles. The predicted octanol–water partition coefficient (Wildman–Crippen LogP) is 9.57. The molecular weight excluding hydrogens is 594 g/mol. The van der Waals surface area contributed by atoms with Gasteiger partial charge in [0.15, 0.2) is 23.0 Å². The van der Waals surface area contributed by atoms with Gasteiger partial charge >= 0.3 is 0 Å². The largest absolute Gasteiger partial charge is 0.458 e. The van der Waals surface area contributed by atoms with Gasteiger partial charge < -0.3 is 13.9 Å². The number of rotatable bonds is 2. The molecule has 0 saturated carbocycles. The molecule has 1 atom stereocenters. The van der Waals surface area contributed by atoms with E-state index < -0.39 is 5.41 Å². The van der Waals surface area contributed by atoms with E-state index in [1.807, 2.05) is 79.0 Å². The van der Waals surface area contributed by atoms with Crippen LogP contribution in [0.4, 0.5) is 0 Å². The fourth-order valence-corrected chi connectivity index (χ4v) is 7.73. The van der Waals surface area contributed by atoms with Gasteiger partial charge in [-0.15, -0.1) is 0 Å². The summed E-state index contributed by atoms with van der Waals surface area (Å²) in [6, 6.07) is 43.1. The molecule has 48 heavy (non-hydrogen) atoms. The highest BCUT2D eigenvalue weighted by molar-refractivity contribution is 6.01. The molecule has 6 heteroatoms. The molecule has 0 bridgehead atoms. The van der Waals surface area contributed by atoms with Crippen molar-refractivity contribution in [1.82, 2.24) is 15.0 Å². The van der Waals surface area contributed by atoms with Gasteiger partial charge in [0.2, 0.25) is 0 Å². The van der Waals surface area contributed by atoms with Crippen LogP contribution in [0.25, 0.3) is 61.4 Å². The number of benzene rings is 5. The first-order valence-corrected chi connectivity index (χ1v) is 15.9. The van der Waals surface area contributed by atoms with Crippen molar-refractivity contribution in [1.29, 1.82) is 0 Å². The molecule has 4 heterocycles. The molecule has 0 amide bonds. The Kier molecular flexibility index (Phi) is 4.95. The van der Waals surface area contributed by atoms with Crippen molar-refractivity contribution in [2.45, 2.75) is 5.41 Å². The zero-order valence-corrected chi connectivity index (χ0v) is 25.3. The highest BCUT2D eigenvalue weighted by Crippen LogP contribution is 2.65. The van der Waals surface area contributed by atoms with Crippen molar-refractivity contribution in [2.75, 3.05) is 0 Å². The average molecular weight is 618 g/mol. The monoisotopic (exact) mass is 617 g/mol. The van der Waals surface area contributed by atoms with E-state index in [0.29, 0.717) is 17.3 Å². The lowest BCUT2D eigenvalue weighted by Gasteiger charge is -2.31. The molecule has 6 nitrogen and oxygen atoms in total. The molecule has 2 aliphatic carbocycles. The van der Waals surface area contributed by atoms with Crippen molar-refractivity contribution in [3.05, 3.63) is 168 Å². The number of nitrogens with zero attached hydrogens (tertiary/aromatic N) is 3. The van der Waals surface area contributed by atoms with Gasteiger partial charge in [-0.25, -0.2) is 4.98 Å². The lowest BCUT2D eigenvalue weighted by atomic mass is 9.76. The van der Waals surface area contributed by atoms with Crippen molar-refractivity contribution in [3.8, 4) is 45.1 Å². The molecule has 8 aromatic rings. The fourth-order valence-electron chi connectivity index (χ4n) is 7.73. The summed E-state index contributed by atoms with van der Waals surface area (Å²) in [4.78, 5) is 14.2. The number of hydrogen-bond acceptors (Lipinski definition) is 6. The number of fused-ring (bicyclic) bond motifs is 13. The lowest BCUT2D eigenvalue weighted by molar-refractivity contribution is 0.306. The van der Waals surface area contributed by atoms with Crippen LogP contribution in [0.5, 0.6) is 11.5 Å². The minimum atomic E-state index is -0.821. The van der Waals surface area contributed by atoms with Crippen LogP contribution < -0.4 is 9.47 Å². The standard InChI is InChI=1S/C42H23N3O3/c1-3-11-29-26(9-1)28-21-24(25-18-20-32(43-22-25)34-23-44-31-12-4-5-13-33(31)45-34)17-19-30(28)42(29)40-38(27-10-2-6-14-35(27)47-40)39-41(42)48-37-16-8-7-15-36(37)46-39/h1-23H. The van der Waals surface area contributed by atoms with E-state index in [9.17, 15) is 0 Å². The Labute approximate surface area is 274 Å². The molecule has 3 aromatic heterocycles. The maximum atomic E-state index is 6.87. The van der Waals surface area contributed by atoms with Gasteiger partial charge in [-0.05, 0) is 70.3 Å². The van der Waals surface area contributed by atoms with Crippen molar-refractivity contribution in [2.24, 2.45) is 0 Å². The minimum Gasteiger partial charge on any atom is -0.458 e. The van der Waals surface area contributed by atoms with E-state index in [2.05, 4.69) is 59.6 Å². The van der Waals surface area contributed by atoms with Gasteiger partial charge in [0, 0.05) is 17.1 Å². The molecule has 0 fully saturated rings. The Morgan fingerprint density at radius 1 is 0.542 bits per heavy atom. The second-order valence-electron chi connectivity index (χ2n) is 12.3. The third-order valence-electron chi connectivity index (χ3n) is 9.84. The Balaban J connectivity index is 1.09. The van der Waals surface area contributed by atoms with E-state index in [4.69, 9.17) is 23.9 Å². The first kappa shape index (κ1) is 25.6. The lowest BCUT2D eigenvalue weighted by Crippen LogP contribution is -2.31. The topological polar surface area (TPSA) is 70.3 Å². The van der Waals surface area contributed by atoms with Crippen LogP contribution in [0, 0.1) is 0 Å². The van der Waals surface area contributed by atoms with E-state index in [0.717, 1.165) is 83.9 Å². The summed E-state index contributed by atoms with van der Waals surface area (Å²) in [5.41, 5.74) is 10.7. The molecule has 3 aliphatic rings. The molecule has 1 spiro atoms. The first-order chi connectivity index (χ1) is 23.8. The Hall–Kier alpha value is -6.53. The van der Waals surface area contributed by atoms with Crippen LogP contribution in [0.1, 0.15) is 22.5 Å². The van der Waals surface area contributed by atoms with Gasteiger partial charge in [0.05, 0.1) is 28.5 Å². The predicted molar refractivity (Wildman–Crippen MR) is 184 cm³/mol. The molecule has 0 N–H and O–H groups in total. The summed E-state index contributed by atoms with van der Waals surface area (Å²) in [5, 5.41) is 1.00. The number of furan rings is 1. The number of ether oxygens (including phenoxy) is 2. The third kappa shape index (κ3) is 3.28. The third-order valence-corrected chi connectivity index (χ3v) is 9.84. The SMILES string of the molecule is c1ccc2c(c1)OC1=C(O2)C2(c3ccccc3-c3cc(-c4ccc(-c5cnc6ccccc6n5)nc4)ccc32)c2oc3ccccc3c21. The van der Waals surface area contributed by atoms with Crippen molar-refractivity contribution >= 4 is 27.8 Å². The van der Waals surface area contributed by atoms with Crippen LogP contribution in [0.2, 0.25) is 0 Å². The highest BCUT2D eigenvalue weighted by atomic mass is 16.6. The number of aromatic nitrogens is 3. The quantitative estimate of drug-likeness (QED) is 0.192. The highest BCUT2D eigenvalue weighted by Gasteiger charge is 2.60. The summed E-state index contributed by atoms with van der Waals surface area (Å²) >= 11 is 0. The second kappa shape index (κ2) is 9.27. The van der Waals surface area contributed by atoms with Crippen LogP contribution in [-0.2, 0) is 5.41 Å². The van der Waals surface area contributed by atoms with Gasteiger partial charge in [-0.2, -0.15) is 0 Å². The van der Waals surface area contributed by atoms with Gasteiger partial charge in [-0.1, -0.05) is 84.9 Å². The molecule has 1 unspecified atom stereocenters. The van der Waals surface area contributed by atoms with Gasteiger partial charge in [0.25, 0.3) is 0 Å². The minimum absolute atomic E-state index is 0.690. The summed E-state index contributed by atoms with van der Waals surface area (Å²) in [5.74, 6) is 3.65. The fraction of sp³-hybridized carbons (Fsp3) is 0.0238. The smallest absolute Gasteiger partial charge is 0.179 e. The van der Waals surface area contributed by atoms with Crippen LogP contribution in [0.15, 0.2) is 150 Å². The Bertz CT molecular complexity index is 2690. The van der Waals surface area contributed by atoms with Gasteiger partial charge in [-0.3, -0.25) is 9.97 Å². The van der Waals surface area contributed by atoms with E-state index in [1.165, 1.54) is 0 Å². The molecule has 11 rings (SSSR count). The summed E-state index contributed by atoms with van der Waals surface area (Å²) in [6.45, 7) is 0. The zero-order valence-electron chi connectivity index (χ0n) is 25.3. The molecule has 1 aliphatic heterocycles. The van der Waals surface area contributed by atoms with E-state index in [1.54, 1.807) is 6.20 Å². The number of para-hydroxylation sites is 5. The summed E-state index contributed by atoms with van der Waals surface area (Å²) in [6.07, 6.45) is 3.69. The Morgan fingerprint density at radius 2 is 1.29 bits per heavy atom. The zero-order chi connectivity index (χ0) is 31.4. The van der Waals surface area contributed by atoms with E-state index in [-0.39, 0.29) is 0 Å². The number of hydrogen-bond donors (Lipinski definition) is 0. The molecule has 224 valence electrons. The molecule has 0 radical (unpaired) electrons. The second-order valence-corrected chi connectivity index (χ2v) is 12.3. The maximum absolute atomic E-state index is 6.87. The molecule has 5 aromatic carbocycles. The summed E-state index contributed by atoms with van der Waals surface area (Å²) < 4.78 is 20.4. The van der Waals surface area contributed by atoms with Crippen molar-refractivity contribution in [3.63, 3.8) is 0 Å². The number of allylic oxidation sites excluding steroid dienone is 1. The Morgan fingerprint density at radius 3 is 2.19 bits per heavy atom. The normalized spacial score (nSPS) is 16.7. The van der Waals surface area contributed by atoms with Crippen molar-refractivity contribution < 1.29 is 13.9 Å². The van der Waals surface area contributed by atoms with Crippen LogP contribution >= 0.6 is 0 Å². The van der Waals surface area contributed by atoms with Crippen LogP contribution in [-0.4, -0.2) is 15.0 Å². The van der Waals surface area contributed by atoms with E-state index >= 15 is 0 Å². The van der Waals surface area contributed by atoms with Crippen LogP contribution in [0.3, 0.4) is 0 Å². The summed E-state index contributed by atoms with van der Waals surface area (Å²) in [7, 11) is 0. The number of pyridine rings is 1. The maximum Gasteiger partial charge on any atom is 0.179 e. The first-order valence-electron chi connectivity index (χ1n) is 15.9. The molecular formula is C42H23N3O3. The average Bonchev–Trinajstić information content (AvgIpc) is 3.77. The van der Waals surface area contributed by atoms with Gasteiger partial charge in [0.1, 0.15) is 22.5 Å².